The van der Waals surface area contributed by atoms with E-state index in [1.54, 1.807) is 12.5 Å². The Labute approximate surface area is 89.1 Å². The van der Waals surface area contributed by atoms with Gasteiger partial charge in [0.15, 0.2) is 0 Å². The van der Waals surface area contributed by atoms with Gasteiger partial charge in [0.2, 0.25) is 0 Å². The Morgan fingerprint density at radius 1 is 1.27 bits per heavy atom. The van der Waals surface area contributed by atoms with Gasteiger partial charge >= 0.3 is 0 Å². The highest BCUT2D eigenvalue weighted by molar-refractivity contribution is 5.25. The van der Waals surface area contributed by atoms with Gasteiger partial charge in [-0.25, -0.2) is 0 Å². The van der Waals surface area contributed by atoms with Crippen LogP contribution in [-0.4, -0.2) is 6.54 Å². The molecule has 15 heavy (non-hydrogen) atoms. The third-order valence-electron chi connectivity index (χ3n) is 2.40. The molecule has 3 heteroatoms. The number of aryl methyl sites for hydroxylation is 1. The fourth-order valence-electron chi connectivity index (χ4n) is 1.66. The van der Waals surface area contributed by atoms with Crippen molar-refractivity contribution in [2.45, 2.75) is 19.9 Å². The second kappa shape index (κ2) is 4.36. The number of hydrogen-bond donors (Lipinski definition) is 1. The number of rotatable bonds is 4. The van der Waals surface area contributed by atoms with E-state index < -0.39 is 0 Å². The molecule has 1 atom stereocenters. The number of furan rings is 2. The Kier molecular flexibility index (Phi) is 2.92. The van der Waals surface area contributed by atoms with Crippen LogP contribution in [0.1, 0.15) is 30.0 Å². The van der Waals surface area contributed by atoms with Crippen LogP contribution in [0, 0.1) is 6.92 Å². The van der Waals surface area contributed by atoms with E-state index in [2.05, 4.69) is 12.2 Å². The lowest BCUT2D eigenvalue weighted by atomic mass is 10.1. The van der Waals surface area contributed by atoms with Crippen molar-refractivity contribution in [3.8, 4) is 0 Å². The van der Waals surface area contributed by atoms with Crippen molar-refractivity contribution in [2.24, 2.45) is 0 Å². The molecule has 2 aromatic rings. The van der Waals surface area contributed by atoms with Gasteiger partial charge < -0.3 is 14.2 Å². The molecule has 2 rings (SSSR count). The maximum absolute atomic E-state index is 5.48. The molecule has 0 bridgehead atoms. The first-order valence-corrected chi connectivity index (χ1v) is 5.13. The minimum atomic E-state index is 0.0139. The van der Waals surface area contributed by atoms with E-state index in [-0.39, 0.29) is 6.04 Å². The van der Waals surface area contributed by atoms with E-state index in [9.17, 15) is 0 Å². The molecular weight excluding hydrogens is 190 g/mol. The van der Waals surface area contributed by atoms with E-state index in [1.165, 1.54) is 0 Å². The molecule has 0 saturated heterocycles. The molecular formula is C12H15NO2. The van der Waals surface area contributed by atoms with Crippen LogP contribution in [0.3, 0.4) is 0 Å². The first-order valence-electron chi connectivity index (χ1n) is 5.13. The van der Waals surface area contributed by atoms with Crippen molar-refractivity contribution in [1.29, 1.82) is 0 Å². The number of nitrogens with one attached hydrogen (secondary N) is 1. The maximum atomic E-state index is 5.48. The average Bonchev–Trinajstić information content (AvgIpc) is 2.85. The molecule has 2 aromatic heterocycles. The van der Waals surface area contributed by atoms with E-state index in [0.717, 1.165) is 23.6 Å². The lowest BCUT2D eigenvalue weighted by Gasteiger charge is -2.13. The first-order chi connectivity index (χ1) is 7.33. The highest BCUT2D eigenvalue weighted by Gasteiger charge is 2.20. The summed E-state index contributed by atoms with van der Waals surface area (Å²) in [5.74, 6) is 1.81. The van der Waals surface area contributed by atoms with Gasteiger partial charge in [-0.15, -0.1) is 0 Å². The van der Waals surface area contributed by atoms with Gasteiger partial charge in [0.1, 0.15) is 17.6 Å². The molecule has 80 valence electrons. The van der Waals surface area contributed by atoms with Gasteiger partial charge in [-0.05, 0) is 37.2 Å². The summed E-state index contributed by atoms with van der Waals surface area (Å²) in [7, 11) is 0. The summed E-state index contributed by atoms with van der Waals surface area (Å²) in [5, 5.41) is 3.34. The predicted molar refractivity (Wildman–Crippen MR) is 57.7 cm³/mol. The van der Waals surface area contributed by atoms with Crippen LogP contribution in [-0.2, 0) is 0 Å². The standard InChI is InChI=1S/C12H15NO2/c1-3-13-11(10-5-4-7-14-10)12-9(2)6-8-15-12/h4-8,11,13H,3H2,1-2H3. The molecule has 3 nitrogen and oxygen atoms in total. The zero-order chi connectivity index (χ0) is 10.7. The highest BCUT2D eigenvalue weighted by Crippen LogP contribution is 2.25. The van der Waals surface area contributed by atoms with Crippen LogP contribution in [0.5, 0.6) is 0 Å². The molecule has 2 heterocycles. The van der Waals surface area contributed by atoms with E-state index in [1.807, 2.05) is 25.1 Å². The molecule has 0 aliphatic carbocycles. The SMILES string of the molecule is CCNC(c1ccco1)c1occc1C. The smallest absolute Gasteiger partial charge is 0.131 e. The Hall–Kier alpha value is -1.48. The molecule has 0 aliphatic rings. The third-order valence-corrected chi connectivity index (χ3v) is 2.40. The molecule has 0 fully saturated rings. The lowest BCUT2D eigenvalue weighted by molar-refractivity contribution is 0.391. The first kappa shape index (κ1) is 10.1. The maximum Gasteiger partial charge on any atom is 0.131 e. The van der Waals surface area contributed by atoms with Crippen LogP contribution in [0.15, 0.2) is 39.6 Å². The average molecular weight is 205 g/mol. The summed E-state index contributed by atoms with van der Waals surface area (Å²) in [6.45, 7) is 4.96. The summed E-state index contributed by atoms with van der Waals surface area (Å²) in [4.78, 5) is 0. The second-order valence-corrected chi connectivity index (χ2v) is 3.47. The zero-order valence-electron chi connectivity index (χ0n) is 8.99. The second-order valence-electron chi connectivity index (χ2n) is 3.47. The quantitative estimate of drug-likeness (QED) is 0.834. The predicted octanol–water partition coefficient (Wildman–Crippen LogP) is 2.88. The molecule has 0 aromatic carbocycles. The largest absolute Gasteiger partial charge is 0.467 e. The Balaban J connectivity index is 2.32. The van der Waals surface area contributed by atoms with Crippen LogP contribution in [0.2, 0.25) is 0 Å². The summed E-state index contributed by atoms with van der Waals surface area (Å²) >= 11 is 0. The van der Waals surface area contributed by atoms with Gasteiger partial charge in [-0.2, -0.15) is 0 Å². The van der Waals surface area contributed by atoms with Crippen LogP contribution in [0.25, 0.3) is 0 Å². The molecule has 1 N–H and O–H groups in total. The van der Waals surface area contributed by atoms with Gasteiger partial charge in [0, 0.05) is 0 Å². The summed E-state index contributed by atoms with van der Waals surface area (Å²) in [6, 6.07) is 5.82. The van der Waals surface area contributed by atoms with E-state index in [0.29, 0.717) is 0 Å². The third kappa shape index (κ3) is 1.97. The summed E-state index contributed by atoms with van der Waals surface area (Å²) in [6.07, 6.45) is 3.38. The topological polar surface area (TPSA) is 38.3 Å². The zero-order valence-corrected chi connectivity index (χ0v) is 8.99. The van der Waals surface area contributed by atoms with Crippen LogP contribution >= 0.6 is 0 Å². The summed E-state index contributed by atoms with van der Waals surface area (Å²) < 4.78 is 10.9. The lowest BCUT2D eigenvalue weighted by Crippen LogP contribution is -2.21. The Bertz CT molecular complexity index is 403. The molecule has 0 saturated carbocycles. The normalized spacial score (nSPS) is 12.9. The van der Waals surface area contributed by atoms with Crippen molar-refractivity contribution in [3.63, 3.8) is 0 Å². The summed E-state index contributed by atoms with van der Waals surface area (Å²) in [5.41, 5.74) is 1.14. The van der Waals surface area contributed by atoms with Crippen molar-refractivity contribution in [1.82, 2.24) is 5.32 Å². The van der Waals surface area contributed by atoms with Crippen molar-refractivity contribution >= 4 is 0 Å². The van der Waals surface area contributed by atoms with Crippen molar-refractivity contribution < 1.29 is 8.83 Å². The van der Waals surface area contributed by atoms with Crippen LogP contribution in [0.4, 0.5) is 0 Å². The van der Waals surface area contributed by atoms with Crippen LogP contribution < -0.4 is 5.32 Å². The molecule has 0 amide bonds. The Morgan fingerprint density at radius 3 is 2.67 bits per heavy atom. The van der Waals surface area contributed by atoms with E-state index >= 15 is 0 Å². The fourth-order valence-corrected chi connectivity index (χ4v) is 1.66. The van der Waals surface area contributed by atoms with Gasteiger partial charge in [0.25, 0.3) is 0 Å². The number of hydrogen-bond acceptors (Lipinski definition) is 3. The molecule has 1 unspecified atom stereocenters. The van der Waals surface area contributed by atoms with Gasteiger partial charge in [-0.1, -0.05) is 6.92 Å². The minimum absolute atomic E-state index is 0.0139. The fraction of sp³-hybridized carbons (Fsp3) is 0.333. The van der Waals surface area contributed by atoms with Crippen molar-refractivity contribution in [3.05, 3.63) is 47.8 Å². The van der Waals surface area contributed by atoms with E-state index in [4.69, 9.17) is 8.83 Å². The monoisotopic (exact) mass is 205 g/mol. The highest BCUT2D eigenvalue weighted by atomic mass is 16.3. The molecule has 0 spiro atoms. The molecule has 0 radical (unpaired) electrons. The minimum Gasteiger partial charge on any atom is -0.467 e. The van der Waals surface area contributed by atoms with Gasteiger partial charge in [-0.3, -0.25) is 0 Å². The van der Waals surface area contributed by atoms with Crippen molar-refractivity contribution in [2.75, 3.05) is 6.54 Å². The van der Waals surface area contributed by atoms with Gasteiger partial charge in [0.05, 0.1) is 12.5 Å². The molecule has 0 aliphatic heterocycles. The Morgan fingerprint density at radius 2 is 2.13 bits per heavy atom.